The van der Waals surface area contributed by atoms with Gasteiger partial charge < -0.3 is 9.42 Å². The minimum Gasteiger partial charge on any atom is -0.339 e. The fourth-order valence-electron chi connectivity index (χ4n) is 3.98. The van der Waals surface area contributed by atoms with Gasteiger partial charge in [-0.3, -0.25) is 14.9 Å². The molecule has 1 fully saturated rings. The first-order valence-electron chi connectivity index (χ1n) is 10.7. The van der Waals surface area contributed by atoms with Gasteiger partial charge in [0.05, 0.1) is 16.5 Å². The summed E-state index contributed by atoms with van der Waals surface area (Å²) in [4.78, 5) is 29.6. The minimum atomic E-state index is -0.473. The summed E-state index contributed by atoms with van der Waals surface area (Å²) < 4.78 is 20.4. The molecule has 0 bridgehead atoms. The number of aromatic nitrogens is 4. The van der Waals surface area contributed by atoms with Crippen molar-refractivity contribution >= 4 is 11.6 Å². The maximum Gasteiger partial charge on any atom is 0.274 e. The third-order valence-electron chi connectivity index (χ3n) is 5.72. The second-order valence-corrected chi connectivity index (χ2v) is 7.98. The van der Waals surface area contributed by atoms with Crippen molar-refractivity contribution in [3.63, 3.8) is 0 Å². The van der Waals surface area contributed by atoms with E-state index in [1.165, 1.54) is 28.9 Å². The summed E-state index contributed by atoms with van der Waals surface area (Å²) in [6, 6.07) is 13.5. The Morgan fingerprint density at radius 2 is 2.00 bits per heavy atom. The third kappa shape index (κ3) is 4.27. The Kier molecular flexibility index (Phi) is 5.58. The van der Waals surface area contributed by atoms with Crippen molar-refractivity contribution in [3.8, 4) is 17.1 Å². The highest BCUT2D eigenvalue weighted by atomic mass is 19.1. The van der Waals surface area contributed by atoms with Crippen LogP contribution in [-0.2, 0) is 0 Å². The number of nitrogens with zero attached hydrogens (tertiary/aromatic N) is 6. The van der Waals surface area contributed by atoms with E-state index < -0.39 is 4.92 Å². The Bertz CT molecular complexity index is 1350. The van der Waals surface area contributed by atoms with E-state index in [-0.39, 0.29) is 29.0 Å². The maximum atomic E-state index is 13.5. The molecule has 0 saturated carbocycles. The highest BCUT2D eigenvalue weighted by Crippen LogP contribution is 2.28. The van der Waals surface area contributed by atoms with Crippen molar-refractivity contribution in [2.24, 2.45) is 0 Å². The standard InChI is InChI=1S/C23H19FN6O4/c24-17-5-1-3-15(13-17)21-25-22(34-27-21)16-4-2-11-28(14-16)23(31)20-10-12-29(26-20)18-6-8-19(9-7-18)30(32)33/h1,3,5-10,12-13,16H,2,4,11,14H2. The van der Waals surface area contributed by atoms with E-state index in [9.17, 15) is 19.3 Å². The van der Waals surface area contributed by atoms with Crippen molar-refractivity contribution in [2.45, 2.75) is 18.8 Å². The predicted molar refractivity (Wildman–Crippen MR) is 118 cm³/mol. The molecule has 5 rings (SSSR count). The molecule has 0 spiro atoms. The van der Waals surface area contributed by atoms with Gasteiger partial charge in [0.1, 0.15) is 5.82 Å². The molecule has 1 amide bonds. The molecule has 1 aliphatic heterocycles. The third-order valence-corrected chi connectivity index (χ3v) is 5.72. The van der Waals surface area contributed by atoms with E-state index in [1.54, 1.807) is 41.4 Å². The van der Waals surface area contributed by atoms with Crippen LogP contribution < -0.4 is 0 Å². The number of nitro benzene ring substituents is 1. The van der Waals surface area contributed by atoms with E-state index >= 15 is 0 Å². The number of amides is 1. The Morgan fingerprint density at radius 1 is 1.18 bits per heavy atom. The molecule has 0 N–H and O–H groups in total. The maximum absolute atomic E-state index is 13.5. The van der Waals surface area contributed by atoms with Crippen molar-refractivity contribution < 1.29 is 18.6 Å². The molecule has 1 saturated heterocycles. The Balaban J connectivity index is 1.29. The SMILES string of the molecule is O=C(c1ccn(-c2ccc([N+](=O)[O-])cc2)n1)N1CCCC(c2nc(-c3cccc(F)c3)no2)C1. The molecule has 2 aromatic heterocycles. The molecular formula is C23H19FN6O4. The topological polar surface area (TPSA) is 120 Å². The first-order chi connectivity index (χ1) is 16.5. The van der Waals surface area contributed by atoms with Crippen LogP contribution in [-0.4, -0.2) is 48.7 Å². The second-order valence-electron chi connectivity index (χ2n) is 7.98. The summed E-state index contributed by atoms with van der Waals surface area (Å²) in [5.74, 6) is -0.0288. The number of hydrogen-bond donors (Lipinski definition) is 0. The van der Waals surface area contributed by atoms with Crippen LogP contribution in [0.2, 0.25) is 0 Å². The summed E-state index contributed by atoms with van der Waals surface area (Å²) in [5.41, 5.74) is 1.38. The lowest BCUT2D eigenvalue weighted by Crippen LogP contribution is -2.39. The number of hydrogen-bond acceptors (Lipinski definition) is 7. The molecule has 2 aromatic carbocycles. The molecular weight excluding hydrogens is 443 g/mol. The number of non-ortho nitro benzene ring substituents is 1. The zero-order valence-corrected chi connectivity index (χ0v) is 17.9. The fraction of sp³-hybridized carbons (Fsp3) is 0.217. The summed E-state index contributed by atoms with van der Waals surface area (Å²) in [6.45, 7) is 0.971. The van der Waals surface area contributed by atoms with Gasteiger partial charge in [0.2, 0.25) is 11.7 Å². The molecule has 1 unspecified atom stereocenters. The fourth-order valence-corrected chi connectivity index (χ4v) is 3.98. The van der Waals surface area contributed by atoms with Crippen LogP contribution in [0, 0.1) is 15.9 Å². The van der Waals surface area contributed by atoms with E-state index in [0.29, 0.717) is 36.1 Å². The van der Waals surface area contributed by atoms with Gasteiger partial charge in [-0.2, -0.15) is 10.1 Å². The van der Waals surface area contributed by atoms with Crippen LogP contribution in [0.1, 0.15) is 35.1 Å². The lowest BCUT2D eigenvalue weighted by atomic mass is 9.97. The molecule has 11 heteroatoms. The van der Waals surface area contributed by atoms with Gasteiger partial charge in [0.15, 0.2) is 5.69 Å². The number of benzene rings is 2. The van der Waals surface area contributed by atoms with Crippen molar-refractivity contribution in [3.05, 3.63) is 88.3 Å². The van der Waals surface area contributed by atoms with Crippen LogP contribution in [0.5, 0.6) is 0 Å². The average molecular weight is 462 g/mol. The number of carbonyl (C=O) groups excluding carboxylic acids is 1. The van der Waals surface area contributed by atoms with Crippen molar-refractivity contribution in [2.75, 3.05) is 13.1 Å². The van der Waals surface area contributed by atoms with E-state index in [1.807, 2.05) is 0 Å². The molecule has 1 aliphatic rings. The first-order valence-corrected chi connectivity index (χ1v) is 10.7. The van der Waals surface area contributed by atoms with Gasteiger partial charge in [0.25, 0.3) is 11.6 Å². The van der Waals surface area contributed by atoms with Gasteiger partial charge in [-0.1, -0.05) is 17.3 Å². The zero-order valence-electron chi connectivity index (χ0n) is 17.9. The molecule has 1 atom stereocenters. The summed E-state index contributed by atoms with van der Waals surface area (Å²) in [7, 11) is 0. The molecule has 3 heterocycles. The molecule has 0 aliphatic carbocycles. The van der Waals surface area contributed by atoms with Gasteiger partial charge >= 0.3 is 0 Å². The monoisotopic (exact) mass is 462 g/mol. The predicted octanol–water partition coefficient (Wildman–Crippen LogP) is 3.99. The Labute approximate surface area is 192 Å². The molecule has 172 valence electrons. The lowest BCUT2D eigenvalue weighted by Gasteiger charge is -2.30. The Morgan fingerprint density at radius 3 is 2.76 bits per heavy atom. The second kappa shape index (κ2) is 8.85. The lowest BCUT2D eigenvalue weighted by molar-refractivity contribution is -0.384. The van der Waals surface area contributed by atoms with Gasteiger partial charge in [-0.25, -0.2) is 9.07 Å². The normalized spacial score (nSPS) is 15.9. The number of rotatable bonds is 5. The van der Waals surface area contributed by atoms with Gasteiger partial charge in [-0.15, -0.1) is 0 Å². The number of carbonyl (C=O) groups is 1. The average Bonchev–Trinajstić information content (AvgIpc) is 3.54. The van der Waals surface area contributed by atoms with Crippen molar-refractivity contribution in [1.29, 1.82) is 0 Å². The van der Waals surface area contributed by atoms with Crippen LogP contribution >= 0.6 is 0 Å². The molecule has 10 nitrogen and oxygen atoms in total. The van der Waals surface area contributed by atoms with Gasteiger partial charge in [-0.05, 0) is 43.2 Å². The quantitative estimate of drug-likeness (QED) is 0.325. The van der Waals surface area contributed by atoms with Gasteiger partial charge in [0, 0.05) is 37.0 Å². The minimum absolute atomic E-state index is 0.0202. The summed E-state index contributed by atoms with van der Waals surface area (Å²) >= 11 is 0. The zero-order chi connectivity index (χ0) is 23.7. The highest BCUT2D eigenvalue weighted by molar-refractivity contribution is 5.92. The van der Waals surface area contributed by atoms with E-state index in [4.69, 9.17) is 4.52 Å². The van der Waals surface area contributed by atoms with Crippen LogP contribution in [0.15, 0.2) is 65.3 Å². The highest BCUT2D eigenvalue weighted by Gasteiger charge is 2.30. The molecule has 4 aromatic rings. The largest absolute Gasteiger partial charge is 0.339 e. The number of halogens is 1. The molecule has 0 radical (unpaired) electrons. The summed E-state index contributed by atoms with van der Waals surface area (Å²) in [5, 5.41) is 19.2. The first kappa shape index (κ1) is 21.4. The van der Waals surface area contributed by atoms with E-state index in [0.717, 1.165) is 12.8 Å². The van der Waals surface area contributed by atoms with Crippen LogP contribution in [0.3, 0.4) is 0 Å². The van der Waals surface area contributed by atoms with Crippen LogP contribution in [0.25, 0.3) is 17.1 Å². The summed E-state index contributed by atoms with van der Waals surface area (Å²) in [6.07, 6.45) is 3.18. The number of nitro groups is 1. The number of piperidine rings is 1. The smallest absolute Gasteiger partial charge is 0.274 e. The molecule has 34 heavy (non-hydrogen) atoms. The van der Waals surface area contributed by atoms with Crippen molar-refractivity contribution in [1.82, 2.24) is 24.8 Å². The Hall–Kier alpha value is -4.41. The van der Waals surface area contributed by atoms with E-state index in [2.05, 4.69) is 15.2 Å². The van der Waals surface area contributed by atoms with Crippen LogP contribution in [0.4, 0.5) is 10.1 Å². The number of likely N-dealkylation sites (tertiary alicyclic amines) is 1.